The molecule has 1 unspecified atom stereocenters. The Kier molecular flexibility index (Phi) is 6.92. The minimum Gasteiger partial charge on any atom is -0.344 e. The Labute approximate surface area is 134 Å². The largest absolute Gasteiger partial charge is 0.344 e. The van der Waals surface area contributed by atoms with E-state index in [1.54, 1.807) is 11.0 Å². The first-order chi connectivity index (χ1) is 9.85. The molecule has 1 aromatic heterocycles. The highest BCUT2D eigenvalue weighted by atomic mass is 35.5. The first kappa shape index (κ1) is 17.7. The summed E-state index contributed by atoms with van der Waals surface area (Å²) in [7, 11) is 0. The minimum absolute atomic E-state index is 0.0145. The monoisotopic (exact) mass is 328 g/mol. The molecule has 6 heteroatoms. The summed E-state index contributed by atoms with van der Waals surface area (Å²) in [4.78, 5) is 26.6. The van der Waals surface area contributed by atoms with E-state index in [2.05, 4.69) is 11.9 Å². The summed E-state index contributed by atoms with van der Waals surface area (Å²) >= 11 is 7.36. The molecule has 0 radical (unpaired) electrons. The highest BCUT2D eigenvalue weighted by Gasteiger charge is 2.27. The van der Waals surface area contributed by atoms with Gasteiger partial charge in [-0.1, -0.05) is 31.5 Å². The van der Waals surface area contributed by atoms with Crippen molar-refractivity contribution in [1.29, 1.82) is 0 Å². The molecule has 0 aliphatic heterocycles. The number of nitrogens with zero attached hydrogens (tertiary/aromatic N) is 1. The molecule has 1 aromatic rings. The van der Waals surface area contributed by atoms with Gasteiger partial charge in [0.05, 0.1) is 10.9 Å². The normalized spacial score (nSPS) is 12.0. The Hall–Kier alpha value is -1.33. The van der Waals surface area contributed by atoms with Crippen LogP contribution in [-0.4, -0.2) is 29.3 Å². The number of amides is 2. The topological polar surface area (TPSA) is 49.4 Å². The Morgan fingerprint density at radius 1 is 1.48 bits per heavy atom. The van der Waals surface area contributed by atoms with E-state index in [9.17, 15) is 9.59 Å². The van der Waals surface area contributed by atoms with Crippen LogP contribution in [0.2, 0.25) is 4.34 Å². The van der Waals surface area contributed by atoms with Gasteiger partial charge in [-0.25, -0.2) is 0 Å². The van der Waals surface area contributed by atoms with Crippen molar-refractivity contribution in [2.45, 2.75) is 33.4 Å². The molecule has 0 aromatic carbocycles. The van der Waals surface area contributed by atoms with Gasteiger partial charge in [0.15, 0.2) is 0 Å². The molecule has 4 nitrogen and oxygen atoms in total. The second-order valence-electron chi connectivity index (χ2n) is 5.14. The van der Waals surface area contributed by atoms with E-state index in [0.717, 1.165) is 4.88 Å². The molecule has 1 heterocycles. The number of carbonyl (C=O) groups is 2. The van der Waals surface area contributed by atoms with Crippen LogP contribution in [0.1, 0.15) is 25.6 Å². The quantitative estimate of drug-likeness (QED) is 0.782. The fraction of sp³-hybridized carbons (Fsp3) is 0.467. The first-order valence-electron chi connectivity index (χ1n) is 6.76. The van der Waals surface area contributed by atoms with Crippen molar-refractivity contribution < 1.29 is 9.59 Å². The lowest BCUT2D eigenvalue weighted by Gasteiger charge is -2.28. The SMILES string of the molecule is C=CCN(Cc1ccc(Cl)s1)C(=O)C(NC(C)=O)C(C)C. The van der Waals surface area contributed by atoms with Crippen LogP contribution in [0.5, 0.6) is 0 Å². The molecule has 0 bridgehead atoms. The predicted octanol–water partition coefficient (Wildman–Crippen LogP) is 3.08. The van der Waals surface area contributed by atoms with Gasteiger partial charge in [0.2, 0.25) is 11.8 Å². The molecule has 2 amide bonds. The van der Waals surface area contributed by atoms with Crippen LogP contribution in [0.25, 0.3) is 0 Å². The van der Waals surface area contributed by atoms with Crippen molar-refractivity contribution in [2.24, 2.45) is 5.92 Å². The number of hydrogen-bond donors (Lipinski definition) is 1. The number of nitrogens with one attached hydrogen (secondary N) is 1. The van der Waals surface area contributed by atoms with E-state index in [1.165, 1.54) is 18.3 Å². The highest BCUT2D eigenvalue weighted by molar-refractivity contribution is 7.16. The number of rotatable bonds is 7. The third-order valence-corrected chi connectivity index (χ3v) is 4.14. The summed E-state index contributed by atoms with van der Waals surface area (Å²) in [6.45, 7) is 9.82. The maximum absolute atomic E-state index is 12.7. The summed E-state index contributed by atoms with van der Waals surface area (Å²) in [6.07, 6.45) is 1.68. The van der Waals surface area contributed by atoms with Crippen molar-refractivity contribution in [3.05, 3.63) is 34.0 Å². The van der Waals surface area contributed by atoms with Crippen molar-refractivity contribution in [1.82, 2.24) is 10.2 Å². The molecular formula is C15H21ClN2O2S. The van der Waals surface area contributed by atoms with Crippen LogP contribution in [0, 0.1) is 5.92 Å². The number of hydrogen-bond acceptors (Lipinski definition) is 3. The summed E-state index contributed by atoms with van der Waals surface area (Å²) in [5.41, 5.74) is 0. The third kappa shape index (κ3) is 5.52. The zero-order valence-corrected chi connectivity index (χ0v) is 14.1. The molecule has 0 spiro atoms. The second kappa shape index (κ2) is 8.20. The van der Waals surface area contributed by atoms with E-state index in [4.69, 9.17) is 11.6 Å². The van der Waals surface area contributed by atoms with Gasteiger partial charge in [0, 0.05) is 18.3 Å². The predicted molar refractivity (Wildman–Crippen MR) is 87.4 cm³/mol. The first-order valence-corrected chi connectivity index (χ1v) is 7.95. The fourth-order valence-electron chi connectivity index (χ4n) is 1.94. The van der Waals surface area contributed by atoms with E-state index in [0.29, 0.717) is 17.4 Å². The zero-order valence-electron chi connectivity index (χ0n) is 12.6. The number of carbonyl (C=O) groups excluding carboxylic acids is 2. The van der Waals surface area contributed by atoms with Gasteiger partial charge in [-0.3, -0.25) is 9.59 Å². The number of halogens is 1. The second-order valence-corrected chi connectivity index (χ2v) is 6.94. The zero-order chi connectivity index (χ0) is 16.0. The summed E-state index contributed by atoms with van der Waals surface area (Å²) < 4.78 is 0.693. The highest BCUT2D eigenvalue weighted by Crippen LogP contribution is 2.23. The van der Waals surface area contributed by atoms with E-state index in [-0.39, 0.29) is 17.7 Å². The van der Waals surface area contributed by atoms with Crippen molar-refractivity contribution in [3.63, 3.8) is 0 Å². The van der Waals surface area contributed by atoms with Crippen molar-refractivity contribution >= 4 is 34.8 Å². The molecule has 21 heavy (non-hydrogen) atoms. The lowest BCUT2D eigenvalue weighted by molar-refractivity contribution is -0.137. The van der Waals surface area contributed by atoms with Crippen LogP contribution in [0.4, 0.5) is 0 Å². The van der Waals surface area contributed by atoms with Crippen LogP contribution >= 0.6 is 22.9 Å². The molecule has 1 atom stereocenters. The van der Waals surface area contributed by atoms with Crippen LogP contribution < -0.4 is 5.32 Å². The summed E-state index contributed by atoms with van der Waals surface area (Å²) in [5, 5.41) is 2.72. The molecule has 0 aliphatic carbocycles. The maximum Gasteiger partial charge on any atom is 0.246 e. The Morgan fingerprint density at radius 2 is 2.14 bits per heavy atom. The minimum atomic E-state index is -0.530. The van der Waals surface area contributed by atoms with E-state index < -0.39 is 6.04 Å². The summed E-state index contributed by atoms with van der Waals surface area (Å²) in [5.74, 6) is -0.301. The number of thiophene rings is 1. The fourth-order valence-corrected chi connectivity index (χ4v) is 3.05. The average molecular weight is 329 g/mol. The van der Waals surface area contributed by atoms with Crippen LogP contribution in [-0.2, 0) is 16.1 Å². The smallest absolute Gasteiger partial charge is 0.246 e. The van der Waals surface area contributed by atoms with E-state index in [1.807, 2.05) is 26.0 Å². The average Bonchev–Trinajstić information content (AvgIpc) is 2.79. The maximum atomic E-state index is 12.7. The molecule has 0 saturated heterocycles. The molecule has 0 aliphatic rings. The van der Waals surface area contributed by atoms with Gasteiger partial charge in [-0.2, -0.15) is 0 Å². The van der Waals surface area contributed by atoms with Gasteiger partial charge in [-0.15, -0.1) is 17.9 Å². The van der Waals surface area contributed by atoms with Crippen molar-refractivity contribution in [2.75, 3.05) is 6.54 Å². The van der Waals surface area contributed by atoms with Gasteiger partial charge in [-0.05, 0) is 18.1 Å². The van der Waals surface area contributed by atoms with E-state index >= 15 is 0 Å². The molecule has 1 N–H and O–H groups in total. The van der Waals surface area contributed by atoms with Gasteiger partial charge in [0.1, 0.15) is 6.04 Å². The third-order valence-electron chi connectivity index (χ3n) is 2.93. The molecule has 0 fully saturated rings. The van der Waals surface area contributed by atoms with Crippen molar-refractivity contribution in [3.8, 4) is 0 Å². The Morgan fingerprint density at radius 3 is 2.57 bits per heavy atom. The standard InChI is InChI=1S/C15H21ClN2O2S/c1-5-8-18(9-12-6-7-13(16)21-12)15(20)14(10(2)3)17-11(4)19/h5-7,10,14H,1,8-9H2,2-4H3,(H,17,19). The Bertz CT molecular complexity index is 514. The van der Waals surface area contributed by atoms with Crippen LogP contribution in [0.3, 0.4) is 0 Å². The lowest BCUT2D eigenvalue weighted by Crippen LogP contribution is -2.50. The molecule has 1 rings (SSSR count). The van der Waals surface area contributed by atoms with Crippen LogP contribution in [0.15, 0.2) is 24.8 Å². The molecule has 116 valence electrons. The Balaban J connectivity index is 2.88. The molecule has 0 saturated carbocycles. The summed E-state index contributed by atoms with van der Waals surface area (Å²) in [6, 6.07) is 3.18. The van der Waals surface area contributed by atoms with Gasteiger partial charge >= 0.3 is 0 Å². The van der Waals surface area contributed by atoms with Gasteiger partial charge in [0.25, 0.3) is 0 Å². The molecular weight excluding hydrogens is 308 g/mol. The lowest BCUT2D eigenvalue weighted by atomic mass is 10.0. The van der Waals surface area contributed by atoms with Gasteiger partial charge < -0.3 is 10.2 Å².